The predicted octanol–water partition coefficient (Wildman–Crippen LogP) is 1.64. The molecule has 21 heavy (non-hydrogen) atoms. The molecule has 2 aromatic rings. The Labute approximate surface area is 120 Å². The Bertz CT molecular complexity index is 721. The number of amides is 1. The molecule has 3 N–H and O–H groups in total. The fraction of sp³-hybridized carbons (Fsp3) is 0.133. The minimum atomic E-state index is -0.897. The Morgan fingerprint density at radius 3 is 2.67 bits per heavy atom. The van der Waals surface area contributed by atoms with Crippen molar-refractivity contribution in [2.75, 3.05) is 5.32 Å². The summed E-state index contributed by atoms with van der Waals surface area (Å²) in [5.74, 6) is -1.31. The Balaban J connectivity index is 2.17. The number of benzene rings is 1. The predicted molar refractivity (Wildman–Crippen MR) is 77.4 cm³/mol. The average Bonchev–Trinajstić information content (AvgIpc) is 2.46. The van der Waals surface area contributed by atoms with Crippen LogP contribution in [0.25, 0.3) is 0 Å². The number of H-pyrrole nitrogens is 1. The second kappa shape index (κ2) is 6.51. The van der Waals surface area contributed by atoms with Gasteiger partial charge in [-0.2, -0.15) is 0 Å². The van der Waals surface area contributed by atoms with Crippen LogP contribution in [0.5, 0.6) is 0 Å². The first-order chi connectivity index (χ1) is 10.1. The molecule has 2 rings (SSSR count). The summed E-state index contributed by atoms with van der Waals surface area (Å²) in [5, 5.41) is 11.4. The highest BCUT2D eigenvalue weighted by molar-refractivity contribution is 6.04. The number of aryl methyl sites for hydroxylation is 1. The molecule has 0 bridgehead atoms. The van der Waals surface area contributed by atoms with Crippen LogP contribution in [-0.4, -0.2) is 22.0 Å². The SMILES string of the molecule is O=C(O)CCc1ccccc1NC(=O)c1cc[nH]c(=O)c1. The number of aromatic amines is 1. The van der Waals surface area contributed by atoms with Gasteiger partial charge in [0.25, 0.3) is 5.91 Å². The number of carboxylic acids is 1. The number of carbonyl (C=O) groups excluding carboxylic acids is 1. The van der Waals surface area contributed by atoms with Crippen molar-refractivity contribution in [1.29, 1.82) is 0 Å². The lowest BCUT2D eigenvalue weighted by Gasteiger charge is -2.10. The summed E-state index contributed by atoms with van der Waals surface area (Å²) in [5.41, 5.74) is 1.16. The van der Waals surface area contributed by atoms with E-state index in [1.807, 2.05) is 0 Å². The number of aromatic nitrogens is 1. The van der Waals surface area contributed by atoms with Crippen LogP contribution in [0.1, 0.15) is 22.3 Å². The van der Waals surface area contributed by atoms with Crippen molar-refractivity contribution >= 4 is 17.6 Å². The van der Waals surface area contributed by atoms with Crippen molar-refractivity contribution in [3.63, 3.8) is 0 Å². The van der Waals surface area contributed by atoms with Crippen molar-refractivity contribution in [3.05, 3.63) is 64.1 Å². The molecule has 0 saturated heterocycles. The van der Waals surface area contributed by atoms with E-state index in [1.54, 1.807) is 24.3 Å². The first-order valence-electron chi connectivity index (χ1n) is 6.36. The van der Waals surface area contributed by atoms with E-state index in [0.29, 0.717) is 12.1 Å². The van der Waals surface area contributed by atoms with Gasteiger partial charge in [-0.3, -0.25) is 14.4 Å². The van der Waals surface area contributed by atoms with Crippen LogP contribution in [-0.2, 0) is 11.2 Å². The van der Waals surface area contributed by atoms with E-state index >= 15 is 0 Å². The number of anilines is 1. The molecule has 108 valence electrons. The summed E-state index contributed by atoms with van der Waals surface area (Å²) in [6.07, 6.45) is 1.70. The van der Waals surface area contributed by atoms with Gasteiger partial charge >= 0.3 is 5.97 Å². The van der Waals surface area contributed by atoms with E-state index in [1.165, 1.54) is 18.3 Å². The van der Waals surface area contributed by atoms with Crippen LogP contribution in [0.3, 0.4) is 0 Å². The highest BCUT2D eigenvalue weighted by Gasteiger charge is 2.10. The minimum Gasteiger partial charge on any atom is -0.481 e. The number of aliphatic carboxylic acids is 1. The van der Waals surface area contributed by atoms with Crippen molar-refractivity contribution in [2.45, 2.75) is 12.8 Å². The molecule has 0 aliphatic heterocycles. The number of carboxylic acid groups (broad SMARTS) is 1. The maximum atomic E-state index is 12.1. The van der Waals surface area contributed by atoms with Crippen molar-refractivity contribution in [2.24, 2.45) is 0 Å². The first kappa shape index (κ1) is 14.5. The maximum absolute atomic E-state index is 12.1. The number of carbonyl (C=O) groups is 2. The topological polar surface area (TPSA) is 99.3 Å². The third-order valence-corrected chi connectivity index (χ3v) is 2.91. The van der Waals surface area contributed by atoms with Gasteiger partial charge in [0.1, 0.15) is 0 Å². The van der Waals surface area contributed by atoms with E-state index in [4.69, 9.17) is 5.11 Å². The smallest absolute Gasteiger partial charge is 0.303 e. The number of hydrogen-bond donors (Lipinski definition) is 3. The van der Waals surface area contributed by atoms with Crippen LogP contribution < -0.4 is 10.9 Å². The third-order valence-electron chi connectivity index (χ3n) is 2.91. The van der Waals surface area contributed by atoms with Gasteiger partial charge in [0.05, 0.1) is 0 Å². The van der Waals surface area contributed by atoms with Gasteiger partial charge in [0.2, 0.25) is 5.56 Å². The number of hydrogen-bond acceptors (Lipinski definition) is 3. The summed E-state index contributed by atoms with van der Waals surface area (Å²) in [6, 6.07) is 9.68. The van der Waals surface area contributed by atoms with E-state index < -0.39 is 11.9 Å². The lowest BCUT2D eigenvalue weighted by molar-refractivity contribution is -0.136. The van der Waals surface area contributed by atoms with E-state index in [0.717, 1.165) is 5.56 Å². The van der Waals surface area contributed by atoms with Gasteiger partial charge < -0.3 is 15.4 Å². The van der Waals surface area contributed by atoms with Gasteiger partial charge in [-0.05, 0) is 24.1 Å². The van der Waals surface area contributed by atoms with Crippen LogP contribution in [0.15, 0.2) is 47.4 Å². The summed E-state index contributed by atoms with van der Waals surface area (Å²) in [7, 11) is 0. The number of rotatable bonds is 5. The number of pyridine rings is 1. The highest BCUT2D eigenvalue weighted by Crippen LogP contribution is 2.17. The standard InChI is InChI=1S/C15H14N2O4/c18-13-9-11(7-8-16-13)15(21)17-12-4-2-1-3-10(12)5-6-14(19)20/h1-4,7-9H,5-6H2,(H,16,18)(H,17,21)(H,19,20). The van der Waals surface area contributed by atoms with Gasteiger partial charge in [0, 0.05) is 29.9 Å². The molecule has 6 heteroatoms. The molecule has 1 aromatic heterocycles. The van der Waals surface area contributed by atoms with Crippen LogP contribution >= 0.6 is 0 Å². The summed E-state index contributed by atoms with van der Waals surface area (Å²) in [6.45, 7) is 0. The number of nitrogens with one attached hydrogen (secondary N) is 2. The molecule has 0 radical (unpaired) electrons. The zero-order valence-electron chi connectivity index (χ0n) is 11.1. The fourth-order valence-electron chi connectivity index (χ4n) is 1.88. The fourth-order valence-corrected chi connectivity index (χ4v) is 1.88. The molecule has 0 fully saturated rings. The molecule has 0 aliphatic carbocycles. The molecule has 6 nitrogen and oxygen atoms in total. The maximum Gasteiger partial charge on any atom is 0.303 e. The monoisotopic (exact) mass is 286 g/mol. The van der Waals surface area contributed by atoms with E-state index in [-0.39, 0.29) is 17.5 Å². The largest absolute Gasteiger partial charge is 0.481 e. The summed E-state index contributed by atoms with van der Waals surface area (Å²) >= 11 is 0. The molecular formula is C15H14N2O4. The highest BCUT2D eigenvalue weighted by atomic mass is 16.4. The molecule has 0 atom stereocenters. The Kier molecular flexibility index (Phi) is 4.50. The Hall–Kier alpha value is -2.89. The molecule has 0 unspecified atom stereocenters. The van der Waals surface area contributed by atoms with E-state index in [2.05, 4.69) is 10.3 Å². The van der Waals surface area contributed by atoms with Gasteiger partial charge in [0.15, 0.2) is 0 Å². The van der Waals surface area contributed by atoms with Gasteiger partial charge in [-0.15, -0.1) is 0 Å². The quantitative estimate of drug-likeness (QED) is 0.778. The molecule has 0 saturated carbocycles. The lowest BCUT2D eigenvalue weighted by atomic mass is 10.1. The Morgan fingerprint density at radius 1 is 1.19 bits per heavy atom. The minimum absolute atomic E-state index is 0.0160. The van der Waals surface area contributed by atoms with Crippen molar-refractivity contribution < 1.29 is 14.7 Å². The molecule has 1 amide bonds. The molecule has 0 spiro atoms. The van der Waals surface area contributed by atoms with Crippen LogP contribution in [0.4, 0.5) is 5.69 Å². The van der Waals surface area contributed by atoms with E-state index in [9.17, 15) is 14.4 Å². The first-order valence-corrected chi connectivity index (χ1v) is 6.36. The number of para-hydroxylation sites is 1. The summed E-state index contributed by atoms with van der Waals surface area (Å²) < 4.78 is 0. The zero-order chi connectivity index (χ0) is 15.2. The lowest BCUT2D eigenvalue weighted by Crippen LogP contribution is -2.16. The molecular weight excluding hydrogens is 272 g/mol. The van der Waals surface area contributed by atoms with Gasteiger partial charge in [-0.25, -0.2) is 0 Å². The summed E-state index contributed by atoms with van der Waals surface area (Å²) in [4.78, 5) is 36.3. The van der Waals surface area contributed by atoms with Crippen LogP contribution in [0.2, 0.25) is 0 Å². The Morgan fingerprint density at radius 2 is 1.95 bits per heavy atom. The van der Waals surface area contributed by atoms with Gasteiger partial charge in [-0.1, -0.05) is 18.2 Å². The molecule has 1 aromatic carbocycles. The van der Waals surface area contributed by atoms with Crippen molar-refractivity contribution in [1.82, 2.24) is 4.98 Å². The van der Waals surface area contributed by atoms with Crippen LogP contribution in [0, 0.1) is 0 Å². The van der Waals surface area contributed by atoms with Crippen molar-refractivity contribution in [3.8, 4) is 0 Å². The third kappa shape index (κ3) is 4.04. The average molecular weight is 286 g/mol. The second-order valence-electron chi connectivity index (χ2n) is 4.45. The normalized spacial score (nSPS) is 10.1. The molecule has 1 heterocycles. The second-order valence-corrected chi connectivity index (χ2v) is 4.45. The zero-order valence-corrected chi connectivity index (χ0v) is 11.1. The molecule has 0 aliphatic rings.